The molecule has 116 valence electrons. The zero-order valence-electron chi connectivity index (χ0n) is 12.6. The van der Waals surface area contributed by atoms with Crippen molar-refractivity contribution in [2.24, 2.45) is 7.05 Å². The third kappa shape index (κ3) is 3.48. The molecule has 3 heterocycles. The van der Waals surface area contributed by atoms with E-state index in [-0.39, 0.29) is 11.9 Å². The zero-order chi connectivity index (χ0) is 15.4. The summed E-state index contributed by atoms with van der Waals surface area (Å²) in [5.41, 5.74) is 0.476. The molecule has 1 N–H and O–H groups in total. The highest BCUT2D eigenvalue weighted by atomic mass is 16.1. The van der Waals surface area contributed by atoms with Crippen molar-refractivity contribution in [3.05, 3.63) is 42.2 Å². The number of hydrogen-bond acceptors (Lipinski definition) is 5. The number of nitrogens with one attached hydrogen (secondary N) is 1. The summed E-state index contributed by atoms with van der Waals surface area (Å²) in [5, 5.41) is 7.15. The van der Waals surface area contributed by atoms with E-state index in [2.05, 4.69) is 25.3 Å². The molecule has 1 aliphatic heterocycles. The van der Waals surface area contributed by atoms with Crippen LogP contribution in [0.25, 0.3) is 0 Å². The maximum Gasteiger partial charge on any atom is 0.270 e. The first-order valence-electron chi connectivity index (χ1n) is 7.49. The summed E-state index contributed by atoms with van der Waals surface area (Å²) < 4.78 is 1.80. The highest BCUT2D eigenvalue weighted by molar-refractivity contribution is 5.92. The first kappa shape index (κ1) is 14.6. The van der Waals surface area contributed by atoms with Crippen LogP contribution >= 0.6 is 0 Å². The average Bonchev–Trinajstić information content (AvgIpc) is 2.95. The fraction of sp³-hybridized carbons (Fsp3) is 0.467. The van der Waals surface area contributed by atoms with Crippen molar-refractivity contribution in [1.82, 2.24) is 30.0 Å². The van der Waals surface area contributed by atoms with Crippen LogP contribution in [-0.2, 0) is 13.6 Å². The van der Waals surface area contributed by atoms with E-state index in [1.54, 1.807) is 23.3 Å². The summed E-state index contributed by atoms with van der Waals surface area (Å²) in [5.74, 6) is 0.878. The SMILES string of the molecule is Cn1ncnc1CN1CCC(NC(=O)c2ccccn2)CC1. The summed E-state index contributed by atoms with van der Waals surface area (Å²) in [6, 6.07) is 5.58. The van der Waals surface area contributed by atoms with Crippen LogP contribution in [0.3, 0.4) is 0 Å². The van der Waals surface area contributed by atoms with Crippen LogP contribution in [0.15, 0.2) is 30.7 Å². The van der Waals surface area contributed by atoms with Gasteiger partial charge in [0.2, 0.25) is 0 Å². The van der Waals surface area contributed by atoms with E-state index in [9.17, 15) is 4.79 Å². The summed E-state index contributed by atoms with van der Waals surface area (Å²) >= 11 is 0. The number of nitrogens with zero attached hydrogens (tertiary/aromatic N) is 5. The van der Waals surface area contributed by atoms with Gasteiger partial charge in [-0.3, -0.25) is 19.4 Å². The van der Waals surface area contributed by atoms with Gasteiger partial charge in [0.1, 0.15) is 17.8 Å². The van der Waals surface area contributed by atoms with Crippen molar-refractivity contribution >= 4 is 5.91 Å². The maximum absolute atomic E-state index is 12.1. The lowest BCUT2D eigenvalue weighted by atomic mass is 10.0. The van der Waals surface area contributed by atoms with Gasteiger partial charge < -0.3 is 5.32 Å². The molecule has 1 saturated heterocycles. The first-order valence-corrected chi connectivity index (χ1v) is 7.49. The molecule has 2 aromatic rings. The Morgan fingerprint density at radius 3 is 2.77 bits per heavy atom. The first-order chi connectivity index (χ1) is 10.7. The Balaban J connectivity index is 1.48. The second-order valence-corrected chi connectivity index (χ2v) is 5.54. The van der Waals surface area contributed by atoms with Crippen LogP contribution in [0.5, 0.6) is 0 Å². The molecule has 2 aromatic heterocycles. The van der Waals surface area contributed by atoms with E-state index < -0.39 is 0 Å². The molecule has 0 radical (unpaired) electrons. The molecular weight excluding hydrogens is 280 g/mol. The second-order valence-electron chi connectivity index (χ2n) is 5.54. The Labute approximate surface area is 129 Å². The van der Waals surface area contributed by atoms with Gasteiger partial charge in [-0.05, 0) is 25.0 Å². The molecule has 1 aliphatic rings. The molecule has 1 amide bonds. The lowest BCUT2D eigenvalue weighted by Crippen LogP contribution is -2.44. The third-order valence-electron chi connectivity index (χ3n) is 3.99. The minimum atomic E-state index is -0.0904. The van der Waals surface area contributed by atoms with Crippen LogP contribution in [0.4, 0.5) is 0 Å². The number of carbonyl (C=O) groups is 1. The zero-order valence-corrected chi connectivity index (χ0v) is 12.6. The largest absolute Gasteiger partial charge is 0.348 e. The Morgan fingerprint density at radius 1 is 1.32 bits per heavy atom. The molecule has 7 heteroatoms. The van der Waals surface area contributed by atoms with Crippen molar-refractivity contribution in [2.75, 3.05) is 13.1 Å². The average molecular weight is 300 g/mol. The summed E-state index contributed by atoms with van der Waals surface area (Å²) in [6.45, 7) is 2.69. The summed E-state index contributed by atoms with van der Waals surface area (Å²) in [7, 11) is 1.90. The number of carbonyl (C=O) groups excluding carboxylic acids is 1. The number of rotatable bonds is 4. The van der Waals surface area contributed by atoms with Gasteiger partial charge in [-0.15, -0.1) is 0 Å². The Hall–Kier alpha value is -2.28. The molecule has 0 unspecified atom stereocenters. The van der Waals surface area contributed by atoms with Crippen LogP contribution in [0.1, 0.15) is 29.2 Å². The molecule has 0 atom stereocenters. The quantitative estimate of drug-likeness (QED) is 0.895. The Kier molecular flexibility index (Phi) is 4.43. The van der Waals surface area contributed by atoms with Crippen molar-refractivity contribution in [3.63, 3.8) is 0 Å². The number of amides is 1. The van der Waals surface area contributed by atoms with Crippen LogP contribution in [0, 0.1) is 0 Å². The van der Waals surface area contributed by atoms with Gasteiger partial charge in [0.15, 0.2) is 0 Å². The lowest BCUT2D eigenvalue weighted by Gasteiger charge is -2.31. The van der Waals surface area contributed by atoms with Gasteiger partial charge in [-0.2, -0.15) is 5.10 Å². The van der Waals surface area contributed by atoms with Gasteiger partial charge >= 0.3 is 0 Å². The highest BCUT2D eigenvalue weighted by Gasteiger charge is 2.22. The van der Waals surface area contributed by atoms with Gasteiger partial charge in [0, 0.05) is 32.4 Å². The fourth-order valence-corrected chi connectivity index (χ4v) is 2.66. The lowest BCUT2D eigenvalue weighted by molar-refractivity contribution is 0.0902. The Morgan fingerprint density at radius 2 is 2.14 bits per heavy atom. The number of likely N-dealkylation sites (tertiary alicyclic amines) is 1. The summed E-state index contributed by atoms with van der Waals surface area (Å²) in [4.78, 5) is 22.8. The van der Waals surface area contributed by atoms with Crippen molar-refractivity contribution in [2.45, 2.75) is 25.4 Å². The van der Waals surface area contributed by atoms with Crippen molar-refractivity contribution in [1.29, 1.82) is 0 Å². The smallest absolute Gasteiger partial charge is 0.270 e. The van der Waals surface area contributed by atoms with Crippen molar-refractivity contribution < 1.29 is 4.79 Å². The Bertz CT molecular complexity index is 618. The molecule has 3 rings (SSSR count). The second kappa shape index (κ2) is 6.65. The molecule has 1 fully saturated rings. The van der Waals surface area contributed by atoms with E-state index in [0.29, 0.717) is 5.69 Å². The fourth-order valence-electron chi connectivity index (χ4n) is 2.66. The molecule has 7 nitrogen and oxygen atoms in total. The van der Waals surface area contributed by atoms with E-state index in [1.807, 2.05) is 19.2 Å². The monoisotopic (exact) mass is 300 g/mol. The number of pyridine rings is 1. The molecule has 0 aromatic carbocycles. The van der Waals surface area contributed by atoms with Gasteiger partial charge in [0.05, 0.1) is 6.54 Å². The van der Waals surface area contributed by atoms with E-state index in [0.717, 1.165) is 38.3 Å². The minimum absolute atomic E-state index is 0.0904. The van der Waals surface area contributed by atoms with E-state index >= 15 is 0 Å². The summed E-state index contributed by atoms with van der Waals surface area (Å²) in [6.07, 6.45) is 5.10. The molecule has 0 saturated carbocycles. The number of piperidine rings is 1. The number of aromatic nitrogens is 4. The highest BCUT2D eigenvalue weighted by Crippen LogP contribution is 2.13. The molecule has 0 bridgehead atoms. The van der Waals surface area contributed by atoms with Crippen LogP contribution in [-0.4, -0.2) is 49.7 Å². The van der Waals surface area contributed by atoms with Crippen molar-refractivity contribution in [3.8, 4) is 0 Å². The van der Waals surface area contributed by atoms with Gasteiger partial charge in [-0.25, -0.2) is 4.98 Å². The van der Waals surface area contributed by atoms with E-state index in [1.165, 1.54) is 0 Å². The number of hydrogen-bond donors (Lipinski definition) is 1. The maximum atomic E-state index is 12.1. The standard InChI is InChI=1S/C15H20N6O/c1-20-14(17-11-18-20)10-21-8-5-12(6-9-21)19-15(22)13-4-2-3-7-16-13/h2-4,7,11-12H,5-6,8-10H2,1H3,(H,19,22). The van der Waals surface area contributed by atoms with Gasteiger partial charge in [-0.1, -0.05) is 6.07 Å². The normalized spacial score (nSPS) is 16.6. The predicted octanol–water partition coefficient (Wildman–Crippen LogP) is 0.604. The predicted molar refractivity (Wildman–Crippen MR) is 81.0 cm³/mol. The van der Waals surface area contributed by atoms with Crippen LogP contribution in [0.2, 0.25) is 0 Å². The minimum Gasteiger partial charge on any atom is -0.348 e. The molecular formula is C15H20N6O. The number of aryl methyl sites for hydroxylation is 1. The van der Waals surface area contributed by atoms with E-state index in [4.69, 9.17) is 0 Å². The van der Waals surface area contributed by atoms with Gasteiger partial charge in [0.25, 0.3) is 5.91 Å². The third-order valence-corrected chi connectivity index (χ3v) is 3.99. The van der Waals surface area contributed by atoms with Crippen LogP contribution < -0.4 is 5.32 Å². The molecule has 0 aliphatic carbocycles. The topological polar surface area (TPSA) is 75.9 Å². The molecule has 0 spiro atoms. The molecule has 22 heavy (non-hydrogen) atoms.